The molecule has 0 aromatic carbocycles. The monoisotopic (exact) mass is 216 g/mol. The predicted octanol–water partition coefficient (Wildman–Crippen LogP) is -0.794. The van der Waals surface area contributed by atoms with Crippen molar-refractivity contribution in [3.05, 3.63) is 0 Å². The number of rotatable bonds is 8. The lowest BCUT2D eigenvalue weighted by atomic mass is 10.4. The molecule has 0 unspecified atom stereocenters. The van der Waals surface area contributed by atoms with Gasteiger partial charge in [0, 0.05) is 26.2 Å². The fourth-order valence-corrected chi connectivity index (χ4v) is 1.47. The summed E-state index contributed by atoms with van der Waals surface area (Å²) in [5.41, 5.74) is 0. The molecule has 88 valence electrons. The molecule has 0 saturated heterocycles. The van der Waals surface area contributed by atoms with E-state index in [1.54, 1.807) is 7.11 Å². The molecular formula is C10H20N2O3. The number of ether oxygens (including phenoxy) is 1. The topological polar surface area (TPSA) is 61.8 Å². The Kier molecular flexibility index (Phi) is 5.60. The van der Waals surface area contributed by atoms with Crippen molar-refractivity contribution in [3.63, 3.8) is 0 Å². The summed E-state index contributed by atoms with van der Waals surface area (Å²) in [5.74, 6) is -0.0212. The van der Waals surface area contributed by atoms with Crippen molar-refractivity contribution < 1.29 is 14.6 Å². The highest BCUT2D eigenvalue weighted by atomic mass is 16.5. The Morgan fingerprint density at radius 2 is 2.33 bits per heavy atom. The molecule has 1 rings (SSSR count). The third kappa shape index (κ3) is 5.11. The molecule has 2 N–H and O–H groups in total. The summed E-state index contributed by atoms with van der Waals surface area (Å²) in [5, 5.41) is 11.2. The van der Waals surface area contributed by atoms with Gasteiger partial charge in [-0.15, -0.1) is 0 Å². The zero-order valence-corrected chi connectivity index (χ0v) is 9.24. The average molecular weight is 216 g/mol. The maximum absolute atomic E-state index is 11.4. The van der Waals surface area contributed by atoms with Gasteiger partial charge in [0.05, 0.1) is 19.8 Å². The van der Waals surface area contributed by atoms with Crippen LogP contribution in [0.3, 0.4) is 0 Å². The van der Waals surface area contributed by atoms with Crippen LogP contribution in [0.4, 0.5) is 0 Å². The van der Waals surface area contributed by atoms with E-state index in [1.165, 1.54) is 12.8 Å². The van der Waals surface area contributed by atoms with E-state index >= 15 is 0 Å². The summed E-state index contributed by atoms with van der Waals surface area (Å²) in [7, 11) is 1.66. The number of hydrogen-bond acceptors (Lipinski definition) is 4. The molecule has 5 nitrogen and oxygen atoms in total. The summed E-state index contributed by atoms with van der Waals surface area (Å²) < 4.78 is 5.00. The van der Waals surface area contributed by atoms with E-state index in [-0.39, 0.29) is 12.5 Å². The molecule has 1 fully saturated rings. The molecule has 0 radical (unpaired) electrons. The van der Waals surface area contributed by atoms with Crippen LogP contribution in [0.1, 0.15) is 12.8 Å². The summed E-state index contributed by atoms with van der Waals surface area (Å²) in [4.78, 5) is 13.5. The van der Waals surface area contributed by atoms with Crippen LogP contribution in [-0.2, 0) is 9.53 Å². The highest BCUT2D eigenvalue weighted by Gasteiger charge is 2.29. The average Bonchev–Trinajstić information content (AvgIpc) is 3.04. The van der Waals surface area contributed by atoms with Crippen LogP contribution in [0.5, 0.6) is 0 Å². The third-order valence-corrected chi connectivity index (χ3v) is 2.43. The first-order chi connectivity index (χ1) is 7.27. The van der Waals surface area contributed by atoms with Crippen LogP contribution in [-0.4, -0.2) is 61.9 Å². The Morgan fingerprint density at radius 3 is 2.87 bits per heavy atom. The summed E-state index contributed by atoms with van der Waals surface area (Å²) in [6, 6.07) is 0.556. The number of aliphatic hydroxyl groups is 1. The van der Waals surface area contributed by atoms with E-state index in [2.05, 4.69) is 10.2 Å². The van der Waals surface area contributed by atoms with Gasteiger partial charge in [-0.3, -0.25) is 9.69 Å². The highest BCUT2D eigenvalue weighted by Crippen LogP contribution is 2.26. The first-order valence-electron chi connectivity index (χ1n) is 5.38. The number of nitrogens with one attached hydrogen (secondary N) is 1. The van der Waals surface area contributed by atoms with Crippen molar-refractivity contribution in [1.29, 1.82) is 0 Å². The van der Waals surface area contributed by atoms with Crippen LogP contribution in [0, 0.1) is 0 Å². The maximum atomic E-state index is 11.4. The smallest absolute Gasteiger partial charge is 0.234 e. The number of amides is 1. The van der Waals surface area contributed by atoms with Gasteiger partial charge in [-0.05, 0) is 12.8 Å². The van der Waals surface area contributed by atoms with Gasteiger partial charge in [0.1, 0.15) is 0 Å². The zero-order valence-electron chi connectivity index (χ0n) is 9.24. The van der Waals surface area contributed by atoms with Crippen LogP contribution < -0.4 is 5.32 Å². The Bertz CT molecular complexity index is 195. The molecule has 0 aliphatic heterocycles. The number of methoxy groups -OCH3 is 1. The van der Waals surface area contributed by atoms with Gasteiger partial charge in [-0.2, -0.15) is 0 Å². The lowest BCUT2D eigenvalue weighted by Gasteiger charge is -2.20. The van der Waals surface area contributed by atoms with Crippen molar-refractivity contribution in [2.75, 3.05) is 40.0 Å². The number of nitrogens with zero attached hydrogens (tertiary/aromatic N) is 1. The van der Waals surface area contributed by atoms with Gasteiger partial charge in [-0.1, -0.05) is 0 Å². The fourth-order valence-electron chi connectivity index (χ4n) is 1.47. The Balaban J connectivity index is 2.20. The summed E-state index contributed by atoms with van der Waals surface area (Å²) >= 11 is 0. The molecule has 1 aliphatic carbocycles. The standard InChI is InChI=1S/C10H20N2O3/c1-15-7-5-12(9-2-3-9)8-10(14)11-4-6-13/h9,13H,2-8H2,1H3,(H,11,14). The normalized spacial score (nSPS) is 15.7. The van der Waals surface area contributed by atoms with E-state index in [9.17, 15) is 4.79 Å². The maximum Gasteiger partial charge on any atom is 0.234 e. The molecular weight excluding hydrogens is 196 g/mol. The Morgan fingerprint density at radius 1 is 1.60 bits per heavy atom. The van der Waals surface area contributed by atoms with E-state index in [0.29, 0.717) is 25.7 Å². The lowest BCUT2D eigenvalue weighted by Crippen LogP contribution is -2.40. The molecule has 0 aromatic rings. The first-order valence-corrected chi connectivity index (χ1v) is 5.38. The molecule has 0 aromatic heterocycles. The molecule has 0 bridgehead atoms. The predicted molar refractivity (Wildman–Crippen MR) is 56.6 cm³/mol. The van der Waals surface area contributed by atoms with Crippen molar-refractivity contribution in [2.45, 2.75) is 18.9 Å². The third-order valence-electron chi connectivity index (χ3n) is 2.43. The minimum atomic E-state index is -0.0212. The molecule has 1 aliphatic rings. The molecule has 1 amide bonds. The summed E-state index contributed by atoms with van der Waals surface area (Å²) in [6.07, 6.45) is 2.36. The van der Waals surface area contributed by atoms with Crippen LogP contribution in [0.25, 0.3) is 0 Å². The van der Waals surface area contributed by atoms with E-state index in [4.69, 9.17) is 9.84 Å². The largest absolute Gasteiger partial charge is 0.395 e. The number of carbonyl (C=O) groups excluding carboxylic acids is 1. The highest BCUT2D eigenvalue weighted by molar-refractivity contribution is 5.78. The van der Waals surface area contributed by atoms with E-state index in [0.717, 1.165) is 6.54 Å². The van der Waals surface area contributed by atoms with Gasteiger partial charge < -0.3 is 15.2 Å². The molecule has 0 spiro atoms. The van der Waals surface area contributed by atoms with E-state index in [1.807, 2.05) is 0 Å². The number of hydrogen-bond donors (Lipinski definition) is 2. The van der Waals surface area contributed by atoms with Crippen molar-refractivity contribution in [2.24, 2.45) is 0 Å². The Labute approximate surface area is 90.4 Å². The molecule has 0 heterocycles. The lowest BCUT2D eigenvalue weighted by molar-refractivity contribution is -0.122. The van der Waals surface area contributed by atoms with Gasteiger partial charge in [0.2, 0.25) is 5.91 Å². The molecule has 15 heavy (non-hydrogen) atoms. The van der Waals surface area contributed by atoms with Crippen molar-refractivity contribution in [1.82, 2.24) is 10.2 Å². The van der Waals surface area contributed by atoms with Gasteiger partial charge >= 0.3 is 0 Å². The minimum absolute atomic E-state index is 0.00671. The van der Waals surface area contributed by atoms with Gasteiger partial charge in [0.25, 0.3) is 0 Å². The first kappa shape index (κ1) is 12.4. The fraction of sp³-hybridized carbons (Fsp3) is 0.900. The second-order valence-electron chi connectivity index (χ2n) is 3.77. The SMILES string of the molecule is COCCN(CC(=O)NCCO)C1CC1. The van der Waals surface area contributed by atoms with Crippen molar-refractivity contribution >= 4 is 5.91 Å². The quantitative estimate of drug-likeness (QED) is 0.558. The van der Waals surface area contributed by atoms with Crippen LogP contribution in [0.2, 0.25) is 0 Å². The summed E-state index contributed by atoms with van der Waals surface area (Å²) in [6.45, 7) is 2.19. The Hall–Kier alpha value is -0.650. The van der Waals surface area contributed by atoms with Crippen LogP contribution in [0.15, 0.2) is 0 Å². The van der Waals surface area contributed by atoms with Crippen molar-refractivity contribution in [3.8, 4) is 0 Å². The number of carbonyl (C=O) groups is 1. The minimum Gasteiger partial charge on any atom is -0.395 e. The zero-order chi connectivity index (χ0) is 11.1. The van der Waals surface area contributed by atoms with E-state index < -0.39 is 0 Å². The molecule has 0 atom stereocenters. The van der Waals surface area contributed by atoms with Gasteiger partial charge in [0.15, 0.2) is 0 Å². The number of aliphatic hydroxyl groups excluding tert-OH is 1. The molecule has 1 saturated carbocycles. The molecule has 5 heteroatoms. The van der Waals surface area contributed by atoms with Crippen LogP contribution >= 0.6 is 0 Å². The second kappa shape index (κ2) is 6.76. The van der Waals surface area contributed by atoms with Gasteiger partial charge in [-0.25, -0.2) is 0 Å². The second-order valence-corrected chi connectivity index (χ2v) is 3.77.